The Morgan fingerprint density at radius 3 is 2.81 bits per heavy atom. The molecule has 0 saturated heterocycles. The first-order chi connectivity index (χ1) is 7.75. The molecule has 0 spiro atoms. The zero-order valence-electron chi connectivity index (χ0n) is 9.09. The lowest BCUT2D eigenvalue weighted by Gasteiger charge is -2.28. The fourth-order valence-corrected chi connectivity index (χ4v) is 2.53. The highest BCUT2D eigenvalue weighted by Gasteiger charge is 2.31. The van der Waals surface area contributed by atoms with Gasteiger partial charge in [-0.25, -0.2) is 4.68 Å². The summed E-state index contributed by atoms with van der Waals surface area (Å²) < 4.78 is 1.98. The van der Waals surface area contributed by atoms with Crippen molar-refractivity contribution in [1.29, 1.82) is 0 Å². The number of aliphatic carboxylic acids is 1. The maximum absolute atomic E-state index is 11.0. The summed E-state index contributed by atoms with van der Waals surface area (Å²) in [6.07, 6.45) is 5.64. The number of rotatable bonds is 2. The highest BCUT2D eigenvalue weighted by atomic mass is 16.4. The smallest absolute Gasteiger partial charge is 0.306 e. The van der Waals surface area contributed by atoms with Crippen LogP contribution in [-0.2, 0) is 17.6 Å². The molecule has 86 valence electrons. The summed E-state index contributed by atoms with van der Waals surface area (Å²) in [6.45, 7) is 0. The SMILES string of the molecule is O=C(O)C1CCc2nnn(C3CCC3)c2C1. The third-order valence-corrected chi connectivity index (χ3v) is 3.81. The molecule has 1 atom stereocenters. The lowest BCUT2D eigenvalue weighted by molar-refractivity contribution is -0.142. The summed E-state index contributed by atoms with van der Waals surface area (Å²) >= 11 is 0. The summed E-state index contributed by atoms with van der Waals surface area (Å²) in [6, 6.07) is 0.476. The van der Waals surface area contributed by atoms with E-state index in [1.165, 1.54) is 6.42 Å². The third kappa shape index (κ3) is 1.42. The lowest BCUT2D eigenvalue weighted by atomic mass is 9.88. The molecule has 16 heavy (non-hydrogen) atoms. The molecule has 1 aromatic heterocycles. The van der Waals surface area contributed by atoms with Crippen molar-refractivity contribution in [2.24, 2.45) is 5.92 Å². The molecular formula is C11H15N3O2. The van der Waals surface area contributed by atoms with E-state index in [4.69, 9.17) is 5.11 Å². The van der Waals surface area contributed by atoms with Crippen molar-refractivity contribution >= 4 is 5.97 Å². The Hall–Kier alpha value is -1.39. The van der Waals surface area contributed by atoms with Crippen LogP contribution in [0.25, 0.3) is 0 Å². The van der Waals surface area contributed by atoms with E-state index < -0.39 is 5.97 Å². The van der Waals surface area contributed by atoms with E-state index in [1.54, 1.807) is 0 Å². The number of nitrogens with zero attached hydrogens (tertiary/aromatic N) is 3. The van der Waals surface area contributed by atoms with E-state index in [0.717, 1.165) is 30.7 Å². The van der Waals surface area contributed by atoms with Gasteiger partial charge in [0.15, 0.2) is 0 Å². The van der Waals surface area contributed by atoms with Gasteiger partial charge in [-0.15, -0.1) is 5.10 Å². The summed E-state index contributed by atoms with van der Waals surface area (Å²) in [4.78, 5) is 11.0. The number of aromatic nitrogens is 3. The van der Waals surface area contributed by atoms with E-state index in [1.807, 2.05) is 4.68 Å². The van der Waals surface area contributed by atoms with Gasteiger partial charge in [-0.3, -0.25) is 4.79 Å². The molecule has 0 radical (unpaired) electrons. The van der Waals surface area contributed by atoms with E-state index >= 15 is 0 Å². The predicted octanol–water partition coefficient (Wildman–Crippen LogP) is 1.19. The van der Waals surface area contributed by atoms with Gasteiger partial charge < -0.3 is 5.11 Å². The summed E-state index contributed by atoms with van der Waals surface area (Å²) in [5.41, 5.74) is 2.09. The van der Waals surface area contributed by atoms with Crippen LogP contribution in [0.2, 0.25) is 0 Å². The minimum atomic E-state index is -0.688. The van der Waals surface area contributed by atoms with Crippen molar-refractivity contribution in [2.45, 2.75) is 44.6 Å². The highest BCUT2D eigenvalue weighted by Crippen LogP contribution is 2.34. The fourth-order valence-electron chi connectivity index (χ4n) is 2.53. The Bertz CT molecular complexity index is 423. The molecular weight excluding hydrogens is 206 g/mol. The molecule has 0 aliphatic heterocycles. The van der Waals surface area contributed by atoms with E-state index in [-0.39, 0.29) is 5.92 Å². The fraction of sp³-hybridized carbons (Fsp3) is 0.727. The quantitative estimate of drug-likeness (QED) is 0.814. The first-order valence-electron chi connectivity index (χ1n) is 5.91. The Labute approximate surface area is 93.5 Å². The van der Waals surface area contributed by atoms with Gasteiger partial charge in [0, 0.05) is 6.42 Å². The second kappa shape index (κ2) is 3.57. The molecule has 5 nitrogen and oxygen atoms in total. The monoisotopic (exact) mass is 221 g/mol. The Balaban J connectivity index is 1.88. The summed E-state index contributed by atoms with van der Waals surface area (Å²) in [7, 11) is 0. The van der Waals surface area contributed by atoms with Crippen LogP contribution in [0.1, 0.15) is 43.1 Å². The van der Waals surface area contributed by atoms with Crippen LogP contribution in [0.15, 0.2) is 0 Å². The normalized spacial score (nSPS) is 24.9. The van der Waals surface area contributed by atoms with Gasteiger partial charge in [-0.05, 0) is 32.1 Å². The second-order valence-electron chi connectivity index (χ2n) is 4.79. The van der Waals surface area contributed by atoms with Gasteiger partial charge in [0.25, 0.3) is 0 Å². The van der Waals surface area contributed by atoms with E-state index in [2.05, 4.69) is 10.3 Å². The average molecular weight is 221 g/mol. The van der Waals surface area contributed by atoms with Gasteiger partial charge in [0.05, 0.1) is 23.3 Å². The number of carboxylic acid groups (broad SMARTS) is 1. The molecule has 1 saturated carbocycles. The zero-order chi connectivity index (χ0) is 11.1. The van der Waals surface area contributed by atoms with Crippen LogP contribution >= 0.6 is 0 Å². The van der Waals surface area contributed by atoms with E-state index in [9.17, 15) is 4.79 Å². The Morgan fingerprint density at radius 1 is 1.38 bits per heavy atom. The molecule has 3 rings (SSSR count). The Kier molecular flexibility index (Phi) is 2.19. The average Bonchev–Trinajstić information content (AvgIpc) is 2.59. The van der Waals surface area contributed by atoms with Crippen LogP contribution in [0.5, 0.6) is 0 Å². The molecule has 2 aliphatic rings. The van der Waals surface area contributed by atoms with Gasteiger partial charge in [-0.1, -0.05) is 5.21 Å². The first-order valence-corrected chi connectivity index (χ1v) is 5.91. The maximum atomic E-state index is 11.0. The van der Waals surface area contributed by atoms with Crippen LogP contribution in [0, 0.1) is 5.92 Å². The lowest BCUT2D eigenvalue weighted by Crippen LogP contribution is -2.27. The molecule has 2 aliphatic carbocycles. The summed E-state index contributed by atoms with van der Waals surface area (Å²) in [5, 5.41) is 17.4. The molecule has 0 amide bonds. The van der Waals surface area contributed by atoms with Crippen molar-refractivity contribution in [3.63, 3.8) is 0 Å². The molecule has 0 bridgehead atoms. The number of aryl methyl sites for hydroxylation is 1. The summed E-state index contributed by atoms with van der Waals surface area (Å²) in [5.74, 6) is -0.933. The minimum Gasteiger partial charge on any atom is -0.481 e. The van der Waals surface area contributed by atoms with Crippen molar-refractivity contribution in [2.75, 3.05) is 0 Å². The molecule has 1 fully saturated rings. The van der Waals surface area contributed by atoms with Crippen molar-refractivity contribution in [3.8, 4) is 0 Å². The number of hydrogen-bond acceptors (Lipinski definition) is 3. The molecule has 1 aromatic rings. The second-order valence-corrected chi connectivity index (χ2v) is 4.79. The number of hydrogen-bond donors (Lipinski definition) is 1. The molecule has 1 heterocycles. The van der Waals surface area contributed by atoms with Crippen molar-refractivity contribution in [3.05, 3.63) is 11.4 Å². The topological polar surface area (TPSA) is 68.0 Å². The molecule has 1 unspecified atom stereocenters. The van der Waals surface area contributed by atoms with Gasteiger partial charge in [0.2, 0.25) is 0 Å². The Morgan fingerprint density at radius 2 is 2.19 bits per heavy atom. The van der Waals surface area contributed by atoms with Gasteiger partial charge in [-0.2, -0.15) is 0 Å². The first kappa shape index (κ1) is 9.81. The number of carboxylic acids is 1. The predicted molar refractivity (Wildman–Crippen MR) is 56.1 cm³/mol. The largest absolute Gasteiger partial charge is 0.481 e. The minimum absolute atomic E-state index is 0.246. The van der Waals surface area contributed by atoms with Gasteiger partial charge in [0.1, 0.15) is 0 Å². The van der Waals surface area contributed by atoms with Crippen molar-refractivity contribution < 1.29 is 9.90 Å². The molecule has 1 N–H and O–H groups in total. The van der Waals surface area contributed by atoms with Gasteiger partial charge >= 0.3 is 5.97 Å². The third-order valence-electron chi connectivity index (χ3n) is 3.81. The zero-order valence-corrected chi connectivity index (χ0v) is 9.09. The van der Waals surface area contributed by atoms with Crippen LogP contribution in [-0.4, -0.2) is 26.1 Å². The van der Waals surface area contributed by atoms with Crippen molar-refractivity contribution in [1.82, 2.24) is 15.0 Å². The maximum Gasteiger partial charge on any atom is 0.306 e. The highest BCUT2D eigenvalue weighted by molar-refractivity contribution is 5.70. The molecule has 5 heteroatoms. The molecule has 0 aromatic carbocycles. The number of fused-ring (bicyclic) bond motifs is 1. The van der Waals surface area contributed by atoms with E-state index in [0.29, 0.717) is 18.9 Å². The standard InChI is InChI=1S/C11H15N3O2/c15-11(16)7-4-5-9-10(6-7)14(13-12-9)8-2-1-3-8/h7-8H,1-6H2,(H,15,16). The van der Waals surface area contributed by atoms with Crippen LogP contribution in [0.3, 0.4) is 0 Å². The van der Waals surface area contributed by atoms with Crippen LogP contribution in [0.4, 0.5) is 0 Å². The van der Waals surface area contributed by atoms with Crippen LogP contribution < -0.4 is 0 Å². The number of carbonyl (C=O) groups is 1.